The van der Waals surface area contributed by atoms with Crippen LogP contribution >= 0.6 is 0 Å². The predicted molar refractivity (Wildman–Crippen MR) is 131 cm³/mol. The third-order valence-electron chi connectivity index (χ3n) is 6.35. The van der Waals surface area contributed by atoms with Gasteiger partial charge in [0, 0.05) is 17.2 Å². The largest absolute Gasteiger partial charge is 0.334 e. The number of aromatic nitrogens is 4. The Hall–Kier alpha value is -3.74. The van der Waals surface area contributed by atoms with Crippen LogP contribution in [-0.2, 0) is 12.8 Å². The van der Waals surface area contributed by atoms with E-state index in [1.165, 1.54) is 0 Å². The summed E-state index contributed by atoms with van der Waals surface area (Å²) in [5.41, 5.74) is 5.95. The molecule has 0 saturated heterocycles. The highest BCUT2D eigenvalue weighted by Crippen LogP contribution is 2.32. The van der Waals surface area contributed by atoms with Gasteiger partial charge in [0.25, 0.3) is 11.8 Å². The van der Waals surface area contributed by atoms with Gasteiger partial charge in [0.05, 0.1) is 16.9 Å². The van der Waals surface area contributed by atoms with E-state index in [2.05, 4.69) is 15.5 Å². The van der Waals surface area contributed by atoms with Crippen molar-refractivity contribution in [3.05, 3.63) is 76.9 Å². The first-order valence-electron chi connectivity index (χ1n) is 11.9. The molecule has 2 aromatic carbocycles. The van der Waals surface area contributed by atoms with Gasteiger partial charge in [-0.05, 0) is 56.4 Å². The molecular formula is C27H29N5O2. The Morgan fingerprint density at radius 1 is 1.03 bits per heavy atom. The molecule has 4 aromatic rings. The van der Waals surface area contributed by atoms with Crippen molar-refractivity contribution in [2.24, 2.45) is 0 Å². The van der Waals surface area contributed by atoms with E-state index in [9.17, 15) is 4.79 Å². The number of benzene rings is 2. The third kappa shape index (κ3) is 4.14. The molecule has 7 nitrogen and oxygen atoms in total. The van der Waals surface area contributed by atoms with Crippen LogP contribution in [0.2, 0.25) is 0 Å². The van der Waals surface area contributed by atoms with E-state index in [0.717, 1.165) is 54.6 Å². The van der Waals surface area contributed by atoms with Crippen molar-refractivity contribution in [3.8, 4) is 17.1 Å². The zero-order chi connectivity index (χ0) is 23.7. The highest BCUT2D eigenvalue weighted by atomic mass is 16.5. The molecule has 1 N–H and O–H groups in total. The van der Waals surface area contributed by atoms with Crippen molar-refractivity contribution in [3.63, 3.8) is 0 Å². The number of aryl methyl sites for hydroxylation is 1. The SMILES string of the molecule is Cc1cccc(-c2nc(C(C)C)no2)c1NC(=O)c1nn(-c2ccccc2)c2c1CCCCC2. The first-order chi connectivity index (χ1) is 16.5. The first-order valence-corrected chi connectivity index (χ1v) is 11.9. The minimum Gasteiger partial charge on any atom is -0.334 e. The second kappa shape index (κ2) is 9.25. The molecule has 2 aromatic heterocycles. The van der Waals surface area contributed by atoms with Crippen LogP contribution in [0, 0.1) is 6.92 Å². The van der Waals surface area contributed by atoms with Gasteiger partial charge in [-0.15, -0.1) is 0 Å². The summed E-state index contributed by atoms with van der Waals surface area (Å²) in [5, 5.41) is 12.0. The Balaban J connectivity index is 1.54. The molecule has 1 amide bonds. The van der Waals surface area contributed by atoms with E-state index in [-0.39, 0.29) is 11.8 Å². The zero-order valence-electron chi connectivity index (χ0n) is 19.8. The average molecular weight is 456 g/mol. The molecule has 7 heteroatoms. The minimum atomic E-state index is -0.216. The number of amides is 1. The van der Waals surface area contributed by atoms with E-state index in [0.29, 0.717) is 28.7 Å². The van der Waals surface area contributed by atoms with Gasteiger partial charge < -0.3 is 9.84 Å². The molecule has 0 radical (unpaired) electrons. The van der Waals surface area contributed by atoms with Crippen molar-refractivity contribution in [1.82, 2.24) is 19.9 Å². The lowest BCUT2D eigenvalue weighted by Crippen LogP contribution is -2.16. The van der Waals surface area contributed by atoms with Crippen molar-refractivity contribution in [2.75, 3.05) is 5.32 Å². The van der Waals surface area contributed by atoms with Gasteiger partial charge in [-0.1, -0.05) is 55.8 Å². The maximum absolute atomic E-state index is 13.6. The van der Waals surface area contributed by atoms with E-state index in [1.54, 1.807) is 0 Å². The molecule has 0 atom stereocenters. The minimum absolute atomic E-state index is 0.151. The number of hydrogen-bond donors (Lipinski definition) is 1. The van der Waals surface area contributed by atoms with Crippen LogP contribution in [0.15, 0.2) is 53.1 Å². The van der Waals surface area contributed by atoms with Crippen molar-refractivity contribution >= 4 is 11.6 Å². The zero-order valence-corrected chi connectivity index (χ0v) is 19.8. The maximum Gasteiger partial charge on any atom is 0.276 e. The highest BCUT2D eigenvalue weighted by Gasteiger charge is 2.26. The monoisotopic (exact) mass is 455 g/mol. The van der Waals surface area contributed by atoms with E-state index < -0.39 is 0 Å². The number of nitrogens with zero attached hydrogens (tertiary/aromatic N) is 4. The first kappa shape index (κ1) is 22.1. The van der Waals surface area contributed by atoms with Gasteiger partial charge in [0.1, 0.15) is 0 Å². The predicted octanol–water partition coefficient (Wildman–Crippen LogP) is 5.88. The molecule has 34 heavy (non-hydrogen) atoms. The number of rotatable bonds is 5. The molecule has 2 heterocycles. The Kier molecular flexibility index (Phi) is 6.01. The van der Waals surface area contributed by atoms with Crippen LogP contribution < -0.4 is 5.32 Å². The summed E-state index contributed by atoms with van der Waals surface area (Å²) in [6.45, 7) is 5.99. The Morgan fingerprint density at radius 3 is 2.59 bits per heavy atom. The second-order valence-electron chi connectivity index (χ2n) is 9.15. The van der Waals surface area contributed by atoms with E-state index in [4.69, 9.17) is 9.62 Å². The second-order valence-corrected chi connectivity index (χ2v) is 9.15. The lowest BCUT2D eigenvalue weighted by molar-refractivity contribution is 0.102. The molecule has 5 rings (SSSR count). The van der Waals surface area contributed by atoms with Crippen LogP contribution in [0.4, 0.5) is 5.69 Å². The van der Waals surface area contributed by atoms with Gasteiger partial charge in [0.15, 0.2) is 11.5 Å². The van der Waals surface area contributed by atoms with Crippen LogP contribution in [0.25, 0.3) is 17.1 Å². The summed E-state index contributed by atoms with van der Waals surface area (Å²) < 4.78 is 7.48. The van der Waals surface area contributed by atoms with Gasteiger partial charge in [-0.3, -0.25) is 4.79 Å². The molecule has 1 aliphatic rings. The lowest BCUT2D eigenvalue weighted by atomic mass is 10.1. The van der Waals surface area contributed by atoms with Crippen LogP contribution in [0.5, 0.6) is 0 Å². The number of anilines is 1. The molecule has 0 saturated carbocycles. The number of carbonyl (C=O) groups is 1. The summed E-state index contributed by atoms with van der Waals surface area (Å²) in [6, 6.07) is 15.8. The Bertz CT molecular complexity index is 1320. The summed E-state index contributed by atoms with van der Waals surface area (Å²) in [7, 11) is 0. The van der Waals surface area contributed by atoms with Gasteiger partial charge in [-0.25, -0.2) is 4.68 Å². The maximum atomic E-state index is 13.6. The van der Waals surface area contributed by atoms with Crippen LogP contribution in [0.1, 0.15) is 72.2 Å². The van der Waals surface area contributed by atoms with Gasteiger partial charge in [0.2, 0.25) is 0 Å². The molecule has 1 aliphatic carbocycles. The summed E-state index contributed by atoms with van der Waals surface area (Å²) in [6.07, 6.45) is 5.09. The molecule has 0 aliphatic heterocycles. The number of para-hydroxylation sites is 2. The molecule has 0 unspecified atom stereocenters. The average Bonchev–Trinajstić information content (AvgIpc) is 3.40. The van der Waals surface area contributed by atoms with Gasteiger partial charge in [-0.2, -0.15) is 10.1 Å². The van der Waals surface area contributed by atoms with Crippen LogP contribution in [0.3, 0.4) is 0 Å². The number of carbonyl (C=O) groups excluding carboxylic acids is 1. The van der Waals surface area contributed by atoms with E-state index >= 15 is 0 Å². The number of nitrogens with one attached hydrogen (secondary N) is 1. The molecule has 0 spiro atoms. The van der Waals surface area contributed by atoms with Crippen molar-refractivity contribution in [2.45, 2.75) is 58.8 Å². The van der Waals surface area contributed by atoms with Gasteiger partial charge >= 0.3 is 0 Å². The Morgan fingerprint density at radius 2 is 1.82 bits per heavy atom. The van der Waals surface area contributed by atoms with Crippen LogP contribution in [-0.4, -0.2) is 25.8 Å². The third-order valence-corrected chi connectivity index (χ3v) is 6.35. The highest BCUT2D eigenvalue weighted by molar-refractivity contribution is 6.06. The number of hydrogen-bond acceptors (Lipinski definition) is 5. The topological polar surface area (TPSA) is 85.8 Å². The fraction of sp³-hybridized carbons (Fsp3) is 0.333. The summed E-state index contributed by atoms with van der Waals surface area (Å²) in [5.74, 6) is 0.974. The fourth-order valence-electron chi connectivity index (χ4n) is 4.50. The molecule has 0 bridgehead atoms. The smallest absolute Gasteiger partial charge is 0.276 e. The number of fused-ring (bicyclic) bond motifs is 1. The quantitative estimate of drug-likeness (QED) is 0.380. The summed E-state index contributed by atoms with van der Waals surface area (Å²) in [4.78, 5) is 18.2. The lowest BCUT2D eigenvalue weighted by Gasteiger charge is -2.11. The molecule has 174 valence electrons. The fourth-order valence-corrected chi connectivity index (χ4v) is 4.50. The molecule has 0 fully saturated rings. The Labute approximate surface area is 199 Å². The molecular weight excluding hydrogens is 426 g/mol. The normalized spacial score (nSPS) is 13.5. The van der Waals surface area contributed by atoms with E-state index in [1.807, 2.05) is 74.0 Å². The van der Waals surface area contributed by atoms with Crippen molar-refractivity contribution < 1.29 is 9.32 Å². The van der Waals surface area contributed by atoms with Crippen molar-refractivity contribution in [1.29, 1.82) is 0 Å². The summed E-state index contributed by atoms with van der Waals surface area (Å²) >= 11 is 0. The standard InChI is InChI=1S/C27H29N5O2/c1-17(2)25-29-27(34-31-25)21-15-10-11-18(3)23(21)28-26(33)24-20-14-8-5-9-16-22(20)32(30-24)19-12-6-4-7-13-19/h4,6-7,10-13,15,17H,5,8-9,14,16H2,1-3H3,(H,28,33).